The van der Waals surface area contributed by atoms with E-state index in [4.69, 9.17) is 4.74 Å². The third kappa shape index (κ3) is 3.55. The Balaban J connectivity index is 1.96. The largest absolute Gasteiger partial charge is 0.375 e. The summed E-state index contributed by atoms with van der Waals surface area (Å²) < 4.78 is 5.41. The van der Waals surface area contributed by atoms with Gasteiger partial charge < -0.3 is 15.0 Å². The zero-order chi connectivity index (χ0) is 8.65. The summed E-state index contributed by atoms with van der Waals surface area (Å²) in [5.41, 5.74) is 1.14. The Bertz CT molecular complexity index is 184. The molecule has 3 heteroatoms. The normalized spacial score (nSPS) is 10.4. The molecule has 0 radical (unpaired) electrons. The molecule has 0 aliphatic carbocycles. The van der Waals surface area contributed by atoms with E-state index >= 15 is 0 Å². The first-order chi connectivity index (χ1) is 5.93. The minimum Gasteiger partial charge on any atom is -0.375 e. The molecule has 1 heterocycles. The van der Waals surface area contributed by atoms with E-state index < -0.39 is 0 Å². The Morgan fingerprint density at radius 2 is 2.50 bits per heavy atom. The fourth-order valence-electron chi connectivity index (χ4n) is 0.990. The van der Waals surface area contributed by atoms with Gasteiger partial charge in [0.15, 0.2) is 0 Å². The average molecular weight is 168 g/mol. The second-order valence-electron chi connectivity index (χ2n) is 2.71. The number of H-pyrrole nitrogens is 1. The van der Waals surface area contributed by atoms with Crippen molar-refractivity contribution in [2.75, 3.05) is 20.2 Å². The minimum atomic E-state index is 0.691. The van der Waals surface area contributed by atoms with E-state index in [0.717, 1.165) is 25.3 Å². The van der Waals surface area contributed by atoms with Crippen LogP contribution in [0.2, 0.25) is 0 Å². The fourth-order valence-corrected chi connectivity index (χ4v) is 0.990. The Morgan fingerprint density at radius 1 is 1.58 bits per heavy atom. The number of rotatable bonds is 6. The molecule has 1 aromatic rings. The first-order valence-electron chi connectivity index (χ1n) is 4.28. The number of hydrogen-bond donors (Lipinski definition) is 2. The Hall–Kier alpha value is -0.800. The van der Waals surface area contributed by atoms with Crippen molar-refractivity contribution in [2.45, 2.75) is 13.0 Å². The summed E-state index contributed by atoms with van der Waals surface area (Å²) in [7, 11) is 1.95. The molecule has 0 aliphatic rings. The standard InChI is InChI=1S/C9H16N2O/c1-10-5-3-7-12-8-9-4-2-6-11-9/h2,4,6,10-11H,3,5,7-8H2,1H3. The summed E-state index contributed by atoms with van der Waals surface area (Å²) in [4.78, 5) is 3.09. The smallest absolute Gasteiger partial charge is 0.0865 e. The first-order valence-corrected chi connectivity index (χ1v) is 4.28. The molecule has 68 valence electrons. The summed E-state index contributed by atoms with van der Waals surface area (Å²) in [6.45, 7) is 2.53. The first kappa shape index (κ1) is 9.29. The molecule has 0 amide bonds. The second-order valence-corrected chi connectivity index (χ2v) is 2.71. The second kappa shape index (κ2) is 5.80. The van der Waals surface area contributed by atoms with Crippen LogP contribution in [0.3, 0.4) is 0 Å². The minimum absolute atomic E-state index is 0.691. The van der Waals surface area contributed by atoms with Gasteiger partial charge in [0.25, 0.3) is 0 Å². The lowest BCUT2D eigenvalue weighted by atomic mass is 10.4. The quantitative estimate of drug-likeness (QED) is 0.625. The molecular weight excluding hydrogens is 152 g/mol. The zero-order valence-corrected chi connectivity index (χ0v) is 7.47. The van der Waals surface area contributed by atoms with E-state index in [1.54, 1.807) is 0 Å². The van der Waals surface area contributed by atoms with Gasteiger partial charge in [-0.25, -0.2) is 0 Å². The molecule has 2 N–H and O–H groups in total. The van der Waals surface area contributed by atoms with Crippen LogP contribution in [-0.2, 0) is 11.3 Å². The Morgan fingerprint density at radius 3 is 3.17 bits per heavy atom. The van der Waals surface area contributed by atoms with Gasteiger partial charge in [-0.3, -0.25) is 0 Å². The van der Waals surface area contributed by atoms with Crippen molar-refractivity contribution in [3.8, 4) is 0 Å². The van der Waals surface area contributed by atoms with E-state index in [-0.39, 0.29) is 0 Å². The van der Waals surface area contributed by atoms with Gasteiger partial charge in [-0.2, -0.15) is 0 Å². The number of hydrogen-bond acceptors (Lipinski definition) is 2. The van der Waals surface area contributed by atoms with Crippen molar-refractivity contribution >= 4 is 0 Å². The number of ether oxygens (including phenoxy) is 1. The molecule has 0 fully saturated rings. The highest BCUT2D eigenvalue weighted by molar-refractivity contribution is 5.01. The average Bonchev–Trinajstić information content (AvgIpc) is 2.57. The van der Waals surface area contributed by atoms with Crippen molar-refractivity contribution < 1.29 is 4.74 Å². The summed E-state index contributed by atoms with van der Waals surface area (Å²) in [5, 5.41) is 3.07. The molecule has 1 rings (SSSR count). The summed E-state index contributed by atoms with van der Waals surface area (Å²) in [5.74, 6) is 0. The van der Waals surface area contributed by atoms with Crippen molar-refractivity contribution in [2.24, 2.45) is 0 Å². The molecule has 0 aliphatic heterocycles. The van der Waals surface area contributed by atoms with Crippen LogP contribution < -0.4 is 5.32 Å². The van der Waals surface area contributed by atoms with E-state index in [1.165, 1.54) is 0 Å². The maximum atomic E-state index is 5.41. The number of aromatic amines is 1. The van der Waals surface area contributed by atoms with Crippen molar-refractivity contribution in [1.82, 2.24) is 10.3 Å². The number of aromatic nitrogens is 1. The predicted molar refractivity (Wildman–Crippen MR) is 49.0 cm³/mol. The molecule has 0 bridgehead atoms. The van der Waals surface area contributed by atoms with Crippen LogP contribution in [-0.4, -0.2) is 25.2 Å². The SMILES string of the molecule is CNCCCOCc1ccc[nH]1. The van der Waals surface area contributed by atoms with Gasteiger partial charge >= 0.3 is 0 Å². The molecule has 0 saturated carbocycles. The third-order valence-corrected chi connectivity index (χ3v) is 1.64. The molecule has 12 heavy (non-hydrogen) atoms. The van der Waals surface area contributed by atoms with Gasteiger partial charge in [0.1, 0.15) is 0 Å². The lowest BCUT2D eigenvalue weighted by Crippen LogP contribution is -2.10. The number of nitrogens with one attached hydrogen (secondary N) is 2. The van der Waals surface area contributed by atoms with E-state index in [0.29, 0.717) is 6.61 Å². The molecule has 0 atom stereocenters. The van der Waals surface area contributed by atoms with Gasteiger partial charge in [-0.1, -0.05) is 0 Å². The lowest BCUT2D eigenvalue weighted by molar-refractivity contribution is 0.116. The van der Waals surface area contributed by atoms with Crippen LogP contribution >= 0.6 is 0 Å². The molecular formula is C9H16N2O. The van der Waals surface area contributed by atoms with Crippen LogP contribution in [0.4, 0.5) is 0 Å². The van der Waals surface area contributed by atoms with Crippen LogP contribution in [0.5, 0.6) is 0 Å². The summed E-state index contributed by atoms with van der Waals surface area (Å²) in [6.07, 6.45) is 2.98. The Labute approximate surface area is 73.1 Å². The fraction of sp³-hybridized carbons (Fsp3) is 0.556. The highest BCUT2D eigenvalue weighted by atomic mass is 16.5. The molecule has 0 unspecified atom stereocenters. The van der Waals surface area contributed by atoms with Crippen molar-refractivity contribution in [3.63, 3.8) is 0 Å². The van der Waals surface area contributed by atoms with Crippen LogP contribution in [0.15, 0.2) is 18.3 Å². The summed E-state index contributed by atoms with van der Waals surface area (Å²) in [6, 6.07) is 4.00. The van der Waals surface area contributed by atoms with Crippen LogP contribution in [0.25, 0.3) is 0 Å². The summed E-state index contributed by atoms with van der Waals surface area (Å²) >= 11 is 0. The molecule has 3 nitrogen and oxygen atoms in total. The van der Waals surface area contributed by atoms with Gasteiger partial charge in [0.2, 0.25) is 0 Å². The highest BCUT2D eigenvalue weighted by Crippen LogP contribution is 1.96. The van der Waals surface area contributed by atoms with Crippen LogP contribution in [0.1, 0.15) is 12.1 Å². The van der Waals surface area contributed by atoms with Gasteiger partial charge in [0.05, 0.1) is 6.61 Å². The monoisotopic (exact) mass is 168 g/mol. The van der Waals surface area contributed by atoms with Crippen molar-refractivity contribution in [1.29, 1.82) is 0 Å². The molecule has 0 saturated heterocycles. The van der Waals surface area contributed by atoms with Gasteiger partial charge in [-0.15, -0.1) is 0 Å². The highest BCUT2D eigenvalue weighted by Gasteiger charge is 1.91. The molecule has 0 aromatic carbocycles. The molecule has 1 aromatic heterocycles. The maximum absolute atomic E-state index is 5.41. The predicted octanol–water partition coefficient (Wildman–Crippen LogP) is 1.14. The third-order valence-electron chi connectivity index (χ3n) is 1.64. The lowest BCUT2D eigenvalue weighted by Gasteiger charge is -2.01. The van der Waals surface area contributed by atoms with E-state index in [9.17, 15) is 0 Å². The van der Waals surface area contributed by atoms with Crippen LogP contribution in [0, 0.1) is 0 Å². The van der Waals surface area contributed by atoms with E-state index in [1.807, 2.05) is 25.4 Å². The van der Waals surface area contributed by atoms with E-state index in [2.05, 4.69) is 10.3 Å². The van der Waals surface area contributed by atoms with Crippen molar-refractivity contribution in [3.05, 3.63) is 24.0 Å². The Kier molecular flexibility index (Phi) is 4.49. The molecule has 0 spiro atoms. The maximum Gasteiger partial charge on any atom is 0.0865 e. The zero-order valence-electron chi connectivity index (χ0n) is 7.47. The van der Waals surface area contributed by atoms with Gasteiger partial charge in [0, 0.05) is 18.5 Å². The van der Waals surface area contributed by atoms with Gasteiger partial charge in [-0.05, 0) is 32.1 Å². The topological polar surface area (TPSA) is 37.0 Å².